The van der Waals surface area contributed by atoms with Crippen molar-refractivity contribution in [2.75, 3.05) is 31.5 Å². The number of amides is 3. The molecule has 5 aliphatic rings. The largest absolute Gasteiger partial charge is 0.339 e. The van der Waals surface area contributed by atoms with Gasteiger partial charge in [-0.1, -0.05) is 17.7 Å². The molecule has 5 fully saturated rings. The van der Waals surface area contributed by atoms with Crippen molar-refractivity contribution in [3.05, 3.63) is 28.8 Å². The Bertz CT molecular complexity index is 796. The average Bonchev–Trinajstić information content (AvgIpc) is 2.68. The van der Waals surface area contributed by atoms with E-state index in [9.17, 15) is 9.59 Å². The van der Waals surface area contributed by atoms with Gasteiger partial charge in [-0.3, -0.25) is 4.79 Å². The molecule has 29 heavy (non-hydrogen) atoms. The van der Waals surface area contributed by atoms with Crippen molar-refractivity contribution in [1.82, 2.24) is 9.80 Å². The first-order chi connectivity index (χ1) is 13.9. The molecule has 156 valence electrons. The van der Waals surface area contributed by atoms with E-state index in [2.05, 4.69) is 17.4 Å². The number of carbonyl (C=O) groups is 2. The number of halogens is 1. The van der Waals surface area contributed by atoms with Crippen LogP contribution < -0.4 is 5.32 Å². The number of urea groups is 1. The Morgan fingerprint density at radius 3 is 2.03 bits per heavy atom. The van der Waals surface area contributed by atoms with E-state index in [0.29, 0.717) is 42.3 Å². The smallest absolute Gasteiger partial charge is 0.322 e. The molecule has 4 saturated carbocycles. The zero-order valence-electron chi connectivity index (χ0n) is 17.1. The molecule has 0 spiro atoms. The summed E-state index contributed by atoms with van der Waals surface area (Å²) in [6.45, 7) is 3.84. The van der Waals surface area contributed by atoms with Crippen LogP contribution >= 0.6 is 11.6 Å². The zero-order valence-corrected chi connectivity index (χ0v) is 17.9. The van der Waals surface area contributed by atoms with E-state index in [1.807, 2.05) is 6.07 Å². The maximum Gasteiger partial charge on any atom is 0.322 e. The lowest BCUT2D eigenvalue weighted by atomic mass is 9.48. The minimum Gasteiger partial charge on any atom is -0.339 e. The van der Waals surface area contributed by atoms with Gasteiger partial charge in [0, 0.05) is 33.1 Å². The molecular formula is C23H30ClN3O2. The van der Waals surface area contributed by atoms with E-state index in [4.69, 9.17) is 11.6 Å². The molecule has 0 radical (unpaired) electrons. The van der Waals surface area contributed by atoms with E-state index < -0.39 is 0 Å². The van der Waals surface area contributed by atoms with Crippen LogP contribution in [0.1, 0.15) is 51.0 Å². The van der Waals surface area contributed by atoms with Gasteiger partial charge in [0.2, 0.25) is 5.91 Å². The lowest BCUT2D eigenvalue weighted by Crippen LogP contribution is -2.51. The highest BCUT2D eigenvalue weighted by Crippen LogP contribution is 2.61. The molecule has 1 aromatic rings. The number of nitrogens with zero attached hydrogens (tertiary/aromatic N) is 2. The van der Waals surface area contributed by atoms with Gasteiger partial charge in [-0.05, 0) is 79.4 Å². The first-order valence-electron chi connectivity index (χ1n) is 11.0. The molecular weight excluding hydrogens is 386 g/mol. The highest BCUT2D eigenvalue weighted by Gasteiger charge is 2.51. The van der Waals surface area contributed by atoms with Crippen LogP contribution in [0.4, 0.5) is 10.5 Å². The van der Waals surface area contributed by atoms with Crippen molar-refractivity contribution in [2.45, 2.75) is 50.9 Å². The van der Waals surface area contributed by atoms with E-state index in [1.165, 1.54) is 44.1 Å². The fourth-order valence-electron chi connectivity index (χ4n) is 6.83. The van der Waals surface area contributed by atoms with E-state index in [-0.39, 0.29) is 11.9 Å². The molecule has 6 heteroatoms. The lowest BCUT2D eigenvalue weighted by Gasteiger charge is -2.57. The maximum absolute atomic E-state index is 12.7. The Balaban J connectivity index is 1.27. The van der Waals surface area contributed by atoms with Gasteiger partial charge in [0.1, 0.15) is 0 Å². The van der Waals surface area contributed by atoms with E-state index in [1.54, 1.807) is 16.7 Å². The highest BCUT2D eigenvalue weighted by molar-refractivity contribution is 6.33. The molecule has 4 aliphatic carbocycles. The molecule has 0 unspecified atom stereocenters. The molecule has 5 nitrogen and oxygen atoms in total. The predicted molar refractivity (Wildman–Crippen MR) is 114 cm³/mol. The van der Waals surface area contributed by atoms with Crippen molar-refractivity contribution in [1.29, 1.82) is 0 Å². The Kier molecular flexibility index (Phi) is 4.77. The molecule has 0 atom stereocenters. The first-order valence-corrected chi connectivity index (χ1v) is 11.4. The Hall–Kier alpha value is -1.75. The second kappa shape index (κ2) is 7.19. The Morgan fingerprint density at radius 1 is 0.966 bits per heavy atom. The predicted octanol–water partition coefficient (Wildman–Crippen LogP) is 4.50. The third-order valence-electron chi connectivity index (χ3n) is 7.87. The number of anilines is 1. The molecule has 1 aliphatic heterocycles. The molecule has 1 heterocycles. The van der Waals surface area contributed by atoms with Crippen molar-refractivity contribution < 1.29 is 9.59 Å². The molecule has 3 amide bonds. The maximum atomic E-state index is 12.7. The van der Waals surface area contributed by atoms with Crippen molar-refractivity contribution in [2.24, 2.45) is 17.8 Å². The summed E-state index contributed by atoms with van der Waals surface area (Å²) in [7, 11) is 0. The molecule has 6 rings (SSSR count). The summed E-state index contributed by atoms with van der Waals surface area (Å²) in [5.41, 5.74) is 2.36. The van der Waals surface area contributed by atoms with E-state index >= 15 is 0 Å². The van der Waals surface area contributed by atoms with Gasteiger partial charge >= 0.3 is 6.03 Å². The summed E-state index contributed by atoms with van der Waals surface area (Å²) in [6.07, 6.45) is 8.21. The molecule has 4 bridgehead atoms. The second-order valence-corrected chi connectivity index (χ2v) is 10.2. The number of benzene rings is 1. The minimum absolute atomic E-state index is 0.0633. The van der Waals surface area contributed by atoms with Gasteiger partial charge in [-0.25, -0.2) is 4.79 Å². The van der Waals surface area contributed by atoms with Crippen LogP contribution in [-0.4, -0.2) is 47.9 Å². The topological polar surface area (TPSA) is 52.7 Å². The fraction of sp³-hybridized carbons (Fsp3) is 0.652. The third kappa shape index (κ3) is 3.52. The van der Waals surface area contributed by atoms with Crippen LogP contribution in [0.5, 0.6) is 0 Å². The Morgan fingerprint density at radius 2 is 1.52 bits per heavy atom. The quantitative estimate of drug-likeness (QED) is 0.772. The standard InChI is InChI=1S/C23H30ClN3O2/c1-15(28)26-4-6-27(7-5-26)22(29)25-21-3-2-19(11-20(21)24)23-12-16-8-17(13-23)10-18(9-16)14-23/h2-3,11,16-18H,4-10,12-14H2,1H3,(H,25,29). The van der Waals surface area contributed by atoms with Crippen molar-refractivity contribution in [3.8, 4) is 0 Å². The normalized spacial score (nSPS) is 33.1. The first kappa shape index (κ1) is 19.2. The number of rotatable bonds is 2. The highest BCUT2D eigenvalue weighted by atomic mass is 35.5. The summed E-state index contributed by atoms with van der Waals surface area (Å²) < 4.78 is 0. The zero-order chi connectivity index (χ0) is 20.2. The third-order valence-corrected chi connectivity index (χ3v) is 8.19. The summed E-state index contributed by atoms with van der Waals surface area (Å²) >= 11 is 6.63. The lowest BCUT2D eigenvalue weighted by molar-refractivity contribution is -0.130. The van der Waals surface area contributed by atoms with Crippen LogP contribution in [0.2, 0.25) is 5.02 Å². The van der Waals surface area contributed by atoms with Crippen LogP contribution in [-0.2, 0) is 10.2 Å². The molecule has 1 N–H and O–H groups in total. The molecule has 0 aromatic heterocycles. The van der Waals surface area contributed by atoms with Gasteiger partial charge in [0.05, 0.1) is 10.7 Å². The van der Waals surface area contributed by atoms with Gasteiger partial charge in [0.15, 0.2) is 0 Å². The minimum atomic E-state index is -0.141. The van der Waals surface area contributed by atoms with Crippen LogP contribution in [0.25, 0.3) is 0 Å². The summed E-state index contributed by atoms with van der Waals surface area (Å²) in [6, 6.07) is 6.15. The van der Waals surface area contributed by atoms with Crippen molar-refractivity contribution >= 4 is 29.2 Å². The summed E-state index contributed by atoms with van der Waals surface area (Å²) in [5.74, 6) is 2.75. The number of hydrogen-bond donors (Lipinski definition) is 1. The van der Waals surface area contributed by atoms with Crippen LogP contribution in [0.3, 0.4) is 0 Å². The molecule has 1 aromatic carbocycles. The number of hydrogen-bond acceptors (Lipinski definition) is 2. The Labute approximate surface area is 177 Å². The average molecular weight is 416 g/mol. The van der Waals surface area contributed by atoms with Gasteiger partial charge < -0.3 is 15.1 Å². The number of piperazine rings is 1. The summed E-state index contributed by atoms with van der Waals surface area (Å²) in [4.78, 5) is 27.6. The van der Waals surface area contributed by atoms with Crippen molar-refractivity contribution in [3.63, 3.8) is 0 Å². The number of carbonyl (C=O) groups excluding carboxylic acids is 2. The van der Waals surface area contributed by atoms with Crippen LogP contribution in [0.15, 0.2) is 18.2 Å². The summed E-state index contributed by atoms with van der Waals surface area (Å²) in [5, 5.41) is 3.61. The van der Waals surface area contributed by atoms with Gasteiger partial charge in [-0.2, -0.15) is 0 Å². The monoisotopic (exact) mass is 415 g/mol. The second-order valence-electron chi connectivity index (χ2n) is 9.82. The van der Waals surface area contributed by atoms with Gasteiger partial charge in [0.25, 0.3) is 0 Å². The van der Waals surface area contributed by atoms with Crippen LogP contribution in [0, 0.1) is 17.8 Å². The number of nitrogens with one attached hydrogen (secondary N) is 1. The fourth-order valence-corrected chi connectivity index (χ4v) is 7.06. The van der Waals surface area contributed by atoms with Gasteiger partial charge in [-0.15, -0.1) is 0 Å². The molecule has 1 saturated heterocycles. The van der Waals surface area contributed by atoms with E-state index in [0.717, 1.165) is 17.8 Å². The SMILES string of the molecule is CC(=O)N1CCN(C(=O)Nc2ccc(C34CC5CC(CC(C5)C3)C4)cc2Cl)CC1.